The van der Waals surface area contributed by atoms with Crippen molar-refractivity contribution < 1.29 is 14.2 Å². The molecule has 0 radical (unpaired) electrons. The van der Waals surface area contributed by atoms with Gasteiger partial charge < -0.3 is 24.8 Å². The molecule has 1 aliphatic rings. The standard InChI is InChI=1S/C21H35N3O3/c1-22-21(23-12-3-5-18-6-8-20(25-2)9-7-18)24-13-4-14-27-17-19-10-15-26-16-11-19/h6-9,19H,3-5,10-17H2,1-2H3,(H2,22,23,24). The van der Waals surface area contributed by atoms with E-state index in [1.807, 2.05) is 12.1 Å². The Morgan fingerprint density at radius 2 is 1.81 bits per heavy atom. The normalized spacial score (nSPS) is 15.6. The molecule has 0 aliphatic carbocycles. The highest BCUT2D eigenvalue weighted by molar-refractivity contribution is 5.79. The summed E-state index contributed by atoms with van der Waals surface area (Å²) in [5, 5.41) is 6.71. The van der Waals surface area contributed by atoms with E-state index in [-0.39, 0.29) is 0 Å². The number of hydrogen-bond acceptors (Lipinski definition) is 4. The van der Waals surface area contributed by atoms with Crippen LogP contribution in [-0.4, -0.2) is 59.6 Å². The van der Waals surface area contributed by atoms with Gasteiger partial charge in [0.15, 0.2) is 5.96 Å². The van der Waals surface area contributed by atoms with E-state index >= 15 is 0 Å². The minimum atomic E-state index is 0.673. The molecule has 0 amide bonds. The van der Waals surface area contributed by atoms with Gasteiger partial charge in [-0.15, -0.1) is 0 Å². The highest BCUT2D eigenvalue weighted by atomic mass is 16.5. The lowest BCUT2D eigenvalue weighted by Crippen LogP contribution is -2.38. The smallest absolute Gasteiger partial charge is 0.190 e. The second-order valence-electron chi connectivity index (χ2n) is 6.86. The van der Waals surface area contributed by atoms with Gasteiger partial charge in [0, 0.05) is 46.6 Å². The zero-order chi connectivity index (χ0) is 19.2. The van der Waals surface area contributed by atoms with Crippen LogP contribution in [0, 0.1) is 5.92 Å². The molecule has 0 atom stereocenters. The first-order chi connectivity index (χ1) is 13.3. The number of benzene rings is 1. The van der Waals surface area contributed by atoms with E-state index in [1.54, 1.807) is 14.2 Å². The number of aryl methyl sites for hydroxylation is 1. The summed E-state index contributed by atoms with van der Waals surface area (Å²) in [5.74, 6) is 2.43. The lowest BCUT2D eigenvalue weighted by atomic mass is 10.0. The first-order valence-electron chi connectivity index (χ1n) is 10.0. The third kappa shape index (κ3) is 9.11. The Morgan fingerprint density at radius 3 is 2.48 bits per heavy atom. The lowest BCUT2D eigenvalue weighted by Gasteiger charge is -2.21. The van der Waals surface area contributed by atoms with Gasteiger partial charge in [-0.1, -0.05) is 12.1 Å². The Labute approximate surface area is 163 Å². The predicted molar refractivity (Wildman–Crippen MR) is 110 cm³/mol. The molecule has 1 saturated heterocycles. The Kier molecular flexibility index (Phi) is 10.7. The molecule has 0 saturated carbocycles. The zero-order valence-corrected chi connectivity index (χ0v) is 16.8. The number of methoxy groups -OCH3 is 1. The Hall–Kier alpha value is -1.79. The molecule has 0 spiro atoms. The Balaban J connectivity index is 1.47. The quantitative estimate of drug-likeness (QED) is 0.353. The zero-order valence-electron chi connectivity index (χ0n) is 16.8. The van der Waals surface area contributed by atoms with E-state index in [0.717, 1.165) is 83.3 Å². The second-order valence-corrected chi connectivity index (χ2v) is 6.86. The summed E-state index contributed by atoms with van der Waals surface area (Å²) in [5.41, 5.74) is 1.32. The van der Waals surface area contributed by atoms with Gasteiger partial charge >= 0.3 is 0 Å². The predicted octanol–water partition coefficient (Wildman–Crippen LogP) is 2.63. The van der Waals surface area contributed by atoms with E-state index in [1.165, 1.54) is 5.56 Å². The maximum absolute atomic E-state index is 5.79. The first kappa shape index (κ1) is 21.5. The SMILES string of the molecule is CN=C(NCCCOCC1CCOCC1)NCCCc1ccc(OC)cc1. The van der Waals surface area contributed by atoms with E-state index in [9.17, 15) is 0 Å². The molecule has 0 bridgehead atoms. The van der Waals surface area contributed by atoms with Crippen molar-refractivity contribution in [1.29, 1.82) is 0 Å². The molecule has 2 N–H and O–H groups in total. The van der Waals surface area contributed by atoms with Gasteiger partial charge in [0.1, 0.15) is 5.75 Å². The molecule has 6 nitrogen and oxygen atoms in total. The summed E-state index contributed by atoms with van der Waals surface area (Å²) >= 11 is 0. The van der Waals surface area contributed by atoms with E-state index in [2.05, 4.69) is 27.8 Å². The third-order valence-corrected chi connectivity index (χ3v) is 4.77. The summed E-state index contributed by atoms with van der Waals surface area (Å²) in [6.07, 6.45) is 5.34. The largest absolute Gasteiger partial charge is 0.497 e. The second kappa shape index (κ2) is 13.4. The fourth-order valence-electron chi connectivity index (χ4n) is 3.06. The highest BCUT2D eigenvalue weighted by Gasteiger charge is 2.13. The molecule has 0 aromatic heterocycles. The van der Waals surface area contributed by atoms with Crippen molar-refractivity contribution in [2.45, 2.75) is 32.1 Å². The van der Waals surface area contributed by atoms with Crippen LogP contribution in [0.2, 0.25) is 0 Å². The molecular weight excluding hydrogens is 342 g/mol. The summed E-state index contributed by atoms with van der Waals surface area (Å²) in [7, 11) is 3.50. The van der Waals surface area contributed by atoms with Crippen LogP contribution in [-0.2, 0) is 15.9 Å². The van der Waals surface area contributed by atoms with Gasteiger partial charge in [0.2, 0.25) is 0 Å². The fraction of sp³-hybridized carbons (Fsp3) is 0.667. The molecule has 2 rings (SSSR count). The van der Waals surface area contributed by atoms with Crippen molar-refractivity contribution in [1.82, 2.24) is 10.6 Å². The monoisotopic (exact) mass is 377 g/mol. The number of nitrogens with zero attached hydrogens (tertiary/aromatic N) is 1. The van der Waals surface area contributed by atoms with Gasteiger partial charge in [-0.25, -0.2) is 0 Å². The molecular formula is C21H35N3O3. The van der Waals surface area contributed by atoms with Crippen LogP contribution < -0.4 is 15.4 Å². The van der Waals surface area contributed by atoms with Crippen LogP contribution in [0.5, 0.6) is 5.75 Å². The molecule has 1 aliphatic heterocycles. The summed E-state index contributed by atoms with van der Waals surface area (Å²) < 4.78 is 16.3. The maximum Gasteiger partial charge on any atom is 0.190 e. The molecule has 1 heterocycles. The average molecular weight is 378 g/mol. The molecule has 152 valence electrons. The molecule has 27 heavy (non-hydrogen) atoms. The fourth-order valence-corrected chi connectivity index (χ4v) is 3.06. The molecule has 1 aromatic carbocycles. The summed E-state index contributed by atoms with van der Waals surface area (Å²) in [6, 6.07) is 8.25. The minimum absolute atomic E-state index is 0.673. The molecule has 0 unspecified atom stereocenters. The van der Waals surface area contributed by atoms with Crippen molar-refractivity contribution in [3.63, 3.8) is 0 Å². The summed E-state index contributed by atoms with van der Waals surface area (Å²) in [4.78, 5) is 4.27. The third-order valence-electron chi connectivity index (χ3n) is 4.77. The van der Waals surface area contributed by atoms with E-state index < -0.39 is 0 Å². The number of guanidine groups is 1. The topological polar surface area (TPSA) is 64.1 Å². The van der Waals surface area contributed by atoms with Gasteiger partial charge in [-0.3, -0.25) is 4.99 Å². The van der Waals surface area contributed by atoms with Crippen molar-refractivity contribution >= 4 is 5.96 Å². The minimum Gasteiger partial charge on any atom is -0.497 e. The number of hydrogen-bond donors (Lipinski definition) is 2. The Bertz CT molecular complexity index is 528. The first-order valence-corrected chi connectivity index (χ1v) is 10.0. The number of rotatable bonds is 11. The molecule has 1 aromatic rings. The van der Waals surface area contributed by atoms with Crippen LogP contribution in [0.3, 0.4) is 0 Å². The number of nitrogens with one attached hydrogen (secondary N) is 2. The highest BCUT2D eigenvalue weighted by Crippen LogP contribution is 2.14. The average Bonchev–Trinajstić information content (AvgIpc) is 2.73. The van der Waals surface area contributed by atoms with Gasteiger partial charge in [0.05, 0.1) is 7.11 Å². The van der Waals surface area contributed by atoms with Crippen LogP contribution in [0.25, 0.3) is 0 Å². The van der Waals surface area contributed by atoms with Crippen molar-refractivity contribution in [2.24, 2.45) is 10.9 Å². The van der Waals surface area contributed by atoms with Crippen LogP contribution >= 0.6 is 0 Å². The van der Waals surface area contributed by atoms with Crippen LogP contribution in [0.4, 0.5) is 0 Å². The van der Waals surface area contributed by atoms with Gasteiger partial charge in [-0.05, 0) is 55.7 Å². The number of ether oxygens (including phenoxy) is 3. The van der Waals surface area contributed by atoms with Crippen LogP contribution in [0.15, 0.2) is 29.3 Å². The number of aliphatic imine (C=N–C) groups is 1. The van der Waals surface area contributed by atoms with Crippen LogP contribution in [0.1, 0.15) is 31.2 Å². The van der Waals surface area contributed by atoms with E-state index in [4.69, 9.17) is 14.2 Å². The van der Waals surface area contributed by atoms with Gasteiger partial charge in [-0.2, -0.15) is 0 Å². The molecule has 1 fully saturated rings. The lowest BCUT2D eigenvalue weighted by molar-refractivity contribution is 0.0203. The van der Waals surface area contributed by atoms with Crippen molar-refractivity contribution in [2.75, 3.05) is 53.7 Å². The maximum atomic E-state index is 5.79. The van der Waals surface area contributed by atoms with Crippen molar-refractivity contribution in [3.8, 4) is 5.75 Å². The molecule has 6 heteroatoms. The van der Waals surface area contributed by atoms with Crippen molar-refractivity contribution in [3.05, 3.63) is 29.8 Å². The summed E-state index contributed by atoms with van der Waals surface area (Å²) in [6.45, 7) is 5.19. The van der Waals surface area contributed by atoms with Gasteiger partial charge in [0.25, 0.3) is 0 Å². The van der Waals surface area contributed by atoms with E-state index in [0.29, 0.717) is 5.92 Å². The Morgan fingerprint density at radius 1 is 1.11 bits per heavy atom.